The number of nitrogens with one attached hydrogen (secondary N) is 1. The second-order valence-electron chi connectivity index (χ2n) is 6.35. The minimum absolute atomic E-state index is 0.157. The van der Waals surface area contributed by atoms with E-state index in [0.29, 0.717) is 24.2 Å². The summed E-state index contributed by atoms with van der Waals surface area (Å²) in [5.41, 5.74) is 0.858. The van der Waals surface area contributed by atoms with E-state index in [1.807, 2.05) is 20.8 Å². The first kappa shape index (κ1) is 15.8. The number of sulfonamides is 1. The lowest BCUT2D eigenvalue weighted by atomic mass is 10.1. The van der Waals surface area contributed by atoms with Gasteiger partial charge in [-0.2, -0.15) is 0 Å². The lowest BCUT2D eigenvalue weighted by molar-refractivity contribution is 0.0919. The molecule has 0 atom stereocenters. The molecule has 21 heavy (non-hydrogen) atoms. The lowest BCUT2D eigenvalue weighted by Crippen LogP contribution is -2.40. The number of carbonyl (C=O) groups excluding carboxylic acids is 1. The van der Waals surface area contributed by atoms with Crippen molar-refractivity contribution in [2.75, 3.05) is 16.6 Å². The van der Waals surface area contributed by atoms with E-state index < -0.39 is 10.0 Å². The summed E-state index contributed by atoms with van der Waals surface area (Å²) in [6, 6.07) is 6.72. The molecule has 116 valence electrons. The van der Waals surface area contributed by atoms with E-state index in [-0.39, 0.29) is 17.2 Å². The second kappa shape index (κ2) is 5.67. The maximum Gasteiger partial charge on any atom is 0.251 e. The fourth-order valence-corrected chi connectivity index (χ4v) is 3.91. The van der Waals surface area contributed by atoms with Crippen LogP contribution in [0.25, 0.3) is 0 Å². The van der Waals surface area contributed by atoms with E-state index in [1.54, 1.807) is 24.3 Å². The van der Waals surface area contributed by atoms with Crippen LogP contribution in [0.2, 0.25) is 0 Å². The van der Waals surface area contributed by atoms with Crippen LogP contribution in [-0.2, 0) is 10.0 Å². The van der Waals surface area contributed by atoms with Crippen molar-refractivity contribution in [3.8, 4) is 0 Å². The highest BCUT2D eigenvalue weighted by Gasteiger charge is 2.26. The van der Waals surface area contributed by atoms with Gasteiger partial charge in [0.1, 0.15) is 0 Å². The van der Waals surface area contributed by atoms with Crippen LogP contribution in [0.5, 0.6) is 0 Å². The Balaban J connectivity index is 2.17. The predicted octanol–water partition coefficient (Wildman–Crippen LogP) is 2.14. The number of carbonyl (C=O) groups is 1. The average molecular weight is 310 g/mol. The van der Waals surface area contributed by atoms with Gasteiger partial charge in [-0.1, -0.05) is 0 Å². The molecular weight excluding hydrogens is 288 g/mol. The Morgan fingerprint density at radius 1 is 1.14 bits per heavy atom. The average Bonchev–Trinajstić information content (AvgIpc) is 2.36. The monoisotopic (exact) mass is 310 g/mol. The molecule has 1 aliphatic heterocycles. The van der Waals surface area contributed by atoms with Gasteiger partial charge in [-0.05, 0) is 57.9 Å². The fourth-order valence-electron chi connectivity index (χ4n) is 2.27. The molecule has 0 unspecified atom stereocenters. The summed E-state index contributed by atoms with van der Waals surface area (Å²) in [6.07, 6.45) is 1.58. The molecule has 2 rings (SSSR count). The van der Waals surface area contributed by atoms with Gasteiger partial charge in [0.2, 0.25) is 10.0 Å². The van der Waals surface area contributed by atoms with Crippen molar-refractivity contribution < 1.29 is 13.2 Å². The van der Waals surface area contributed by atoms with Crippen molar-refractivity contribution >= 4 is 21.6 Å². The molecule has 1 N–H and O–H groups in total. The number of anilines is 1. The van der Waals surface area contributed by atoms with Crippen molar-refractivity contribution in [1.82, 2.24) is 5.32 Å². The lowest BCUT2D eigenvalue weighted by Gasteiger charge is -2.28. The van der Waals surface area contributed by atoms with Crippen molar-refractivity contribution in [3.63, 3.8) is 0 Å². The molecule has 6 heteroatoms. The summed E-state index contributed by atoms with van der Waals surface area (Å²) >= 11 is 0. The number of rotatable bonds is 2. The third-order valence-corrected chi connectivity index (χ3v) is 5.12. The van der Waals surface area contributed by atoms with Crippen molar-refractivity contribution in [2.24, 2.45) is 0 Å². The van der Waals surface area contributed by atoms with Gasteiger partial charge in [-0.25, -0.2) is 8.42 Å². The van der Waals surface area contributed by atoms with Crippen LogP contribution in [0.4, 0.5) is 5.69 Å². The molecule has 0 bridgehead atoms. The summed E-state index contributed by atoms with van der Waals surface area (Å²) in [4.78, 5) is 12.0. The Hall–Kier alpha value is -1.56. The van der Waals surface area contributed by atoms with E-state index in [4.69, 9.17) is 0 Å². The number of hydrogen-bond donors (Lipinski definition) is 1. The normalized spacial score (nSPS) is 18.3. The molecule has 1 fully saturated rings. The first-order valence-corrected chi connectivity index (χ1v) is 8.73. The van der Waals surface area contributed by atoms with Crippen molar-refractivity contribution in [1.29, 1.82) is 0 Å². The molecule has 0 radical (unpaired) electrons. The van der Waals surface area contributed by atoms with Crippen molar-refractivity contribution in [2.45, 2.75) is 39.2 Å². The SMILES string of the molecule is CC(C)(C)NC(=O)c1ccc(N2CCCCS2(=O)=O)cc1. The molecule has 0 aromatic heterocycles. The van der Waals surface area contributed by atoms with E-state index in [1.165, 1.54) is 4.31 Å². The molecule has 0 saturated carbocycles. The largest absolute Gasteiger partial charge is 0.347 e. The van der Waals surface area contributed by atoms with Crippen LogP contribution in [0.15, 0.2) is 24.3 Å². The molecule has 0 aliphatic carbocycles. The minimum atomic E-state index is -3.21. The van der Waals surface area contributed by atoms with Crippen LogP contribution >= 0.6 is 0 Å². The van der Waals surface area contributed by atoms with Crippen LogP contribution < -0.4 is 9.62 Å². The van der Waals surface area contributed by atoms with E-state index in [2.05, 4.69) is 5.32 Å². The molecule has 1 amide bonds. The molecule has 1 aliphatic rings. The zero-order chi connectivity index (χ0) is 15.7. The molecule has 1 aromatic rings. The Labute approximate surface area is 126 Å². The zero-order valence-electron chi connectivity index (χ0n) is 12.7. The van der Waals surface area contributed by atoms with Gasteiger partial charge in [0.15, 0.2) is 0 Å². The molecular formula is C15H22N2O3S. The molecule has 0 spiro atoms. The van der Waals surface area contributed by atoms with Gasteiger partial charge >= 0.3 is 0 Å². The van der Waals surface area contributed by atoms with Gasteiger partial charge in [0.05, 0.1) is 11.4 Å². The Bertz CT molecular complexity index is 615. The first-order valence-electron chi connectivity index (χ1n) is 7.12. The summed E-state index contributed by atoms with van der Waals surface area (Å²) in [5, 5.41) is 2.88. The Kier molecular flexibility index (Phi) is 4.27. The van der Waals surface area contributed by atoms with Gasteiger partial charge in [-0.3, -0.25) is 9.10 Å². The third-order valence-electron chi connectivity index (χ3n) is 3.26. The molecule has 1 saturated heterocycles. The predicted molar refractivity (Wildman–Crippen MR) is 84.0 cm³/mol. The maximum absolute atomic E-state index is 12.0. The molecule has 1 heterocycles. The van der Waals surface area contributed by atoms with Crippen LogP contribution in [0.3, 0.4) is 0 Å². The van der Waals surface area contributed by atoms with Gasteiger partial charge in [0.25, 0.3) is 5.91 Å². The number of benzene rings is 1. The fraction of sp³-hybridized carbons (Fsp3) is 0.533. The van der Waals surface area contributed by atoms with Gasteiger partial charge < -0.3 is 5.32 Å². The summed E-state index contributed by atoms with van der Waals surface area (Å²) in [6.45, 7) is 6.26. The Morgan fingerprint density at radius 3 is 2.29 bits per heavy atom. The van der Waals surface area contributed by atoms with Crippen LogP contribution in [-0.4, -0.2) is 32.2 Å². The highest BCUT2D eigenvalue weighted by molar-refractivity contribution is 7.92. The number of amides is 1. The summed E-state index contributed by atoms with van der Waals surface area (Å²) < 4.78 is 25.5. The first-order chi connectivity index (χ1) is 9.69. The molecule has 5 nitrogen and oxygen atoms in total. The van der Waals surface area contributed by atoms with E-state index in [0.717, 1.165) is 6.42 Å². The van der Waals surface area contributed by atoms with E-state index >= 15 is 0 Å². The summed E-state index contributed by atoms with van der Waals surface area (Å²) in [7, 11) is -3.21. The van der Waals surface area contributed by atoms with Gasteiger partial charge in [-0.15, -0.1) is 0 Å². The highest BCUT2D eigenvalue weighted by Crippen LogP contribution is 2.23. The highest BCUT2D eigenvalue weighted by atomic mass is 32.2. The van der Waals surface area contributed by atoms with Crippen molar-refractivity contribution in [3.05, 3.63) is 29.8 Å². The maximum atomic E-state index is 12.0. The van der Waals surface area contributed by atoms with E-state index in [9.17, 15) is 13.2 Å². The molecule has 1 aromatic carbocycles. The van der Waals surface area contributed by atoms with Crippen LogP contribution in [0, 0.1) is 0 Å². The quantitative estimate of drug-likeness (QED) is 0.910. The topological polar surface area (TPSA) is 66.5 Å². The van der Waals surface area contributed by atoms with Gasteiger partial charge in [0, 0.05) is 17.6 Å². The summed E-state index contributed by atoms with van der Waals surface area (Å²) in [5.74, 6) is 0.0368. The third kappa shape index (κ3) is 3.97. The smallest absolute Gasteiger partial charge is 0.251 e. The van der Waals surface area contributed by atoms with Crippen LogP contribution in [0.1, 0.15) is 44.0 Å². The number of hydrogen-bond acceptors (Lipinski definition) is 3. The zero-order valence-corrected chi connectivity index (χ0v) is 13.5. The minimum Gasteiger partial charge on any atom is -0.347 e. The number of nitrogens with zero attached hydrogens (tertiary/aromatic N) is 1. The Morgan fingerprint density at radius 2 is 1.76 bits per heavy atom. The standard InChI is InChI=1S/C15H22N2O3S/c1-15(2,3)16-14(18)12-6-8-13(9-7-12)17-10-4-5-11-21(17,19)20/h6-9H,4-5,10-11H2,1-3H3,(H,16,18). The second-order valence-corrected chi connectivity index (χ2v) is 8.36.